The Labute approximate surface area is 146 Å². The fraction of sp³-hybridized carbons (Fsp3) is 0.316. The van der Waals surface area contributed by atoms with Crippen molar-refractivity contribution in [2.75, 3.05) is 11.9 Å². The average molecular weight is 343 g/mol. The largest absolute Gasteiger partial charge is 0.459 e. The average Bonchev–Trinajstić information content (AvgIpc) is 3.07. The summed E-state index contributed by atoms with van der Waals surface area (Å²) < 4.78 is 10.1. The molecule has 1 amide bonds. The first-order chi connectivity index (χ1) is 11.7. The molecule has 1 heterocycles. The number of nitrogens with one attached hydrogen (secondary N) is 1. The third kappa shape index (κ3) is 4.79. The highest BCUT2D eigenvalue weighted by Gasteiger charge is 2.23. The van der Waals surface area contributed by atoms with E-state index in [1.807, 2.05) is 0 Å². The Morgan fingerprint density at radius 2 is 1.88 bits per heavy atom. The van der Waals surface area contributed by atoms with E-state index in [4.69, 9.17) is 9.15 Å². The predicted molar refractivity (Wildman–Crippen MR) is 92.6 cm³/mol. The molecule has 0 saturated heterocycles. The highest BCUT2D eigenvalue weighted by Crippen LogP contribution is 2.20. The quantitative estimate of drug-likeness (QED) is 0.838. The number of amides is 1. The van der Waals surface area contributed by atoms with Crippen molar-refractivity contribution < 1.29 is 23.5 Å². The summed E-state index contributed by atoms with van der Waals surface area (Å²) in [6, 6.07) is 7.95. The van der Waals surface area contributed by atoms with Crippen LogP contribution in [0.25, 0.3) is 0 Å². The Kier molecular flexibility index (Phi) is 5.41. The number of ether oxygens (including phenoxy) is 1. The fourth-order valence-electron chi connectivity index (χ4n) is 1.91. The van der Waals surface area contributed by atoms with Gasteiger partial charge in [-0.25, -0.2) is 4.79 Å². The summed E-state index contributed by atoms with van der Waals surface area (Å²) >= 11 is 0. The van der Waals surface area contributed by atoms with Crippen molar-refractivity contribution >= 4 is 23.3 Å². The van der Waals surface area contributed by atoms with Crippen LogP contribution in [-0.2, 0) is 9.53 Å². The lowest BCUT2D eigenvalue weighted by molar-refractivity contribution is -0.129. The van der Waals surface area contributed by atoms with Crippen LogP contribution in [0.3, 0.4) is 0 Å². The van der Waals surface area contributed by atoms with Gasteiger partial charge in [-0.05, 0) is 36.8 Å². The first kappa shape index (κ1) is 18.4. The van der Waals surface area contributed by atoms with Crippen molar-refractivity contribution in [1.82, 2.24) is 0 Å². The Bertz CT molecular complexity index is 785. The highest BCUT2D eigenvalue weighted by atomic mass is 16.5. The summed E-state index contributed by atoms with van der Waals surface area (Å²) in [5.41, 5.74) is 0.928. The molecule has 0 aliphatic carbocycles. The zero-order valence-electron chi connectivity index (χ0n) is 14.7. The van der Waals surface area contributed by atoms with Gasteiger partial charge in [0.1, 0.15) is 0 Å². The second kappa shape index (κ2) is 7.34. The summed E-state index contributed by atoms with van der Waals surface area (Å²) in [5.74, 6) is -1.03. The van der Waals surface area contributed by atoms with E-state index in [0.29, 0.717) is 5.69 Å². The molecular formula is C19H21NO5. The number of anilines is 1. The van der Waals surface area contributed by atoms with Crippen molar-refractivity contribution in [3.05, 3.63) is 53.5 Å². The summed E-state index contributed by atoms with van der Waals surface area (Å²) in [6.07, 6.45) is 1.40. The molecule has 2 rings (SSSR count). The Morgan fingerprint density at radius 3 is 2.48 bits per heavy atom. The molecule has 1 N–H and O–H groups in total. The van der Waals surface area contributed by atoms with E-state index >= 15 is 0 Å². The van der Waals surface area contributed by atoms with E-state index < -0.39 is 17.3 Å². The molecule has 0 atom stereocenters. The van der Waals surface area contributed by atoms with Gasteiger partial charge in [-0.3, -0.25) is 9.59 Å². The van der Waals surface area contributed by atoms with Gasteiger partial charge in [-0.15, -0.1) is 0 Å². The molecular weight excluding hydrogens is 322 g/mol. The number of carbonyl (C=O) groups excluding carboxylic acids is 3. The van der Waals surface area contributed by atoms with E-state index in [9.17, 15) is 14.4 Å². The lowest BCUT2D eigenvalue weighted by Crippen LogP contribution is -2.26. The molecule has 0 aliphatic rings. The first-order valence-electron chi connectivity index (χ1n) is 7.84. The van der Waals surface area contributed by atoms with Crippen LogP contribution in [-0.4, -0.2) is 24.3 Å². The molecule has 1 aromatic heterocycles. The number of Topliss-reactive ketones (excluding diaryl/α,β-unsaturated/α-hetero) is 1. The number of hydrogen-bond acceptors (Lipinski definition) is 5. The molecule has 1 aromatic carbocycles. The molecule has 2 aromatic rings. The van der Waals surface area contributed by atoms with E-state index in [0.717, 1.165) is 5.56 Å². The zero-order valence-corrected chi connectivity index (χ0v) is 14.7. The highest BCUT2D eigenvalue weighted by molar-refractivity contribution is 6.03. The van der Waals surface area contributed by atoms with Crippen molar-refractivity contribution in [2.24, 2.45) is 5.41 Å². The van der Waals surface area contributed by atoms with E-state index in [2.05, 4.69) is 5.32 Å². The number of carbonyl (C=O) groups is 3. The second-order valence-corrected chi connectivity index (χ2v) is 6.71. The standard InChI is InChI=1S/C19H21NO5/c1-12-7-8-13(18(23)25-11-16(21)19(2,3)4)10-14(12)20-17(22)15-6-5-9-24-15/h5-10H,11H2,1-4H3,(H,20,22). The normalized spacial score (nSPS) is 11.0. The SMILES string of the molecule is Cc1ccc(C(=O)OCC(=O)C(C)(C)C)cc1NC(=O)c1ccco1. The van der Waals surface area contributed by atoms with Gasteiger partial charge in [-0.2, -0.15) is 0 Å². The number of benzene rings is 1. The molecule has 25 heavy (non-hydrogen) atoms. The van der Waals surface area contributed by atoms with E-state index in [1.54, 1.807) is 52.0 Å². The number of rotatable bonds is 5. The van der Waals surface area contributed by atoms with Gasteiger partial charge in [0.05, 0.1) is 11.8 Å². The van der Waals surface area contributed by atoms with Crippen LogP contribution in [0, 0.1) is 12.3 Å². The zero-order chi connectivity index (χ0) is 18.6. The van der Waals surface area contributed by atoms with Crippen LogP contribution in [0.15, 0.2) is 41.0 Å². The monoisotopic (exact) mass is 343 g/mol. The number of furan rings is 1. The van der Waals surface area contributed by atoms with E-state index in [1.165, 1.54) is 12.3 Å². The smallest absolute Gasteiger partial charge is 0.338 e. The third-order valence-corrected chi connectivity index (χ3v) is 3.64. The fourth-order valence-corrected chi connectivity index (χ4v) is 1.91. The predicted octanol–water partition coefficient (Wildman–Crippen LogP) is 3.61. The van der Waals surface area contributed by atoms with Crippen LogP contribution < -0.4 is 5.32 Å². The van der Waals surface area contributed by atoms with Gasteiger partial charge in [0.25, 0.3) is 5.91 Å². The number of hydrogen-bond donors (Lipinski definition) is 1. The lowest BCUT2D eigenvalue weighted by atomic mass is 9.91. The molecule has 0 radical (unpaired) electrons. The molecule has 6 heteroatoms. The molecule has 0 fully saturated rings. The van der Waals surface area contributed by atoms with Crippen LogP contribution in [0.4, 0.5) is 5.69 Å². The maximum atomic E-state index is 12.1. The third-order valence-electron chi connectivity index (χ3n) is 3.64. The van der Waals surface area contributed by atoms with Crippen LogP contribution in [0.2, 0.25) is 0 Å². The van der Waals surface area contributed by atoms with Crippen molar-refractivity contribution in [2.45, 2.75) is 27.7 Å². The minimum atomic E-state index is -0.619. The molecule has 0 spiro atoms. The second-order valence-electron chi connectivity index (χ2n) is 6.71. The maximum absolute atomic E-state index is 12.1. The van der Waals surface area contributed by atoms with Gasteiger partial charge < -0.3 is 14.5 Å². The molecule has 6 nitrogen and oxygen atoms in total. The van der Waals surface area contributed by atoms with Crippen molar-refractivity contribution in [1.29, 1.82) is 0 Å². The van der Waals surface area contributed by atoms with Crippen LogP contribution in [0.1, 0.15) is 47.2 Å². The summed E-state index contributed by atoms with van der Waals surface area (Å²) in [5, 5.41) is 2.69. The topological polar surface area (TPSA) is 85.6 Å². The summed E-state index contributed by atoms with van der Waals surface area (Å²) in [4.78, 5) is 36.1. The molecule has 0 unspecified atom stereocenters. The van der Waals surface area contributed by atoms with Crippen molar-refractivity contribution in [3.63, 3.8) is 0 Å². The van der Waals surface area contributed by atoms with E-state index in [-0.39, 0.29) is 23.7 Å². The Morgan fingerprint density at radius 1 is 1.16 bits per heavy atom. The lowest BCUT2D eigenvalue weighted by Gasteiger charge is -2.16. The van der Waals surface area contributed by atoms with Crippen LogP contribution >= 0.6 is 0 Å². The molecule has 0 bridgehead atoms. The summed E-state index contributed by atoms with van der Waals surface area (Å²) in [7, 11) is 0. The van der Waals surface area contributed by atoms with Gasteiger partial charge >= 0.3 is 5.97 Å². The number of esters is 1. The maximum Gasteiger partial charge on any atom is 0.338 e. The first-order valence-corrected chi connectivity index (χ1v) is 7.84. The Hall–Kier alpha value is -2.89. The number of aryl methyl sites for hydroxylation is 1. The molecule has 0 saturated carbocycles. The van der Waals surface area contributed by atoms with Gasteiger partial charge in [0.2, 0.25) is 0 Å². The van der Waals surface area contributed by atoms with Crippen LogP contribution in [0.5, 0.6) is 0 Å². The van der Waals surface area contributed by atoms with Crippen molar-refractivity contribution in [3.8, 4) is 0 Å². The van der Waals surface area contributed by atoms with Gasteiger partial charge in [0.15, 0.2) is 18.2 Å². The minimum absolute atomic E-state index is 0.167. The molecule has 0 aliphatic heterocycles. The number of ketones is 1. The minimum Gasteiger partial charge on any atom is -0.459 e. The van der Waals surface area contributed by atoms with Gasteiger partial charge in [-0.1, -0.05) is 26.8 Å². The van der Waals surface area contributed by atoms with Gasteiger partial charge in [0, 0.05) is 11.1 Å². The Balaban J connectivity index is 2.08. The summed E-state index contributed by atoms with van der Waals surface area (Å²) in [6.45, 7) is 6.80. The molecule has 132 valence electrons.